The number of H-pyrrole nitrogens is 1. The average molecular weight is 478 g/mol. The van der Waals surface area contributed by atoms with Crippen LogP contribution in [0.3, 0.4) is 0 Å². The number of aromatic nitrogens is 1. The van der Waals surface area contributed by atoms with Gasteiger partial charge in [0.15, 0.2) is 5.78 Å². The van der Waals surface area contributed by atoms with Gasteiger partial charge in [0.2, 0.25) is 0 Å². The summed E-state index contributed by atoms with van der Waals surface area (Å²) in [5.74, 6) is -0.522. The van der Waals surface area contributed by atoms with Crippen LogP contribution < -0.4 is 0 Å². The lowest BCUT2D eigenvalue weighted by atomic mass is 9.91. The zero-order valence-corrected chi connectivity index (χ0v) is 17.9. The monoisotopic (exact) mass is 477 g/mol. The molecule has 1 N–H and O–H groups in total. The molecule has 0 fully saturated rings. The molecule has 1 heterocycles. The summed E-state index contributed by atoms with van der Waals surface area (Å²) in [4.78, 5) is 16.4. The smallest absolute Gasteiger partial charge is 0.345 e. The van der Waals surface area contributed by atoms with Crippen LogP contribution in [0.15, 0.2) is 66.7 Å². The maximum Gasteiger partial charge on any atom is 0.416 e. The molecule has 0 aliphatic rings. The first-order valence-corrected chi connectivity index (χ1v) is 10.2. The van der Waals surface area contributed by atoms with E-state index in [0.29, 0.717) is 32.1 Å². The van der Waals surface area contributed by atoms with Crippen molar-refractivity contribution in [3.8, 4) is 11.1 Å². The van der Waals surface area contributed by atoms with Crippen molar-refractivity contribution in [3.05, 3.63) is 98.1 Å². The number of hydrogen-bond acceptors (Lipinski definition) is 2. The van der Waals surface area contributed by atoms with Gasteiger partial charge in [-0.25, -0.2) is 0 Å². The van der Waals surface area contributed by atoms with Crippen LogP contribution in [0.1, 0.15) is 21.5 Å². The van der Waals surface area contributed by atoms with Crippen molar-refractivity contribution >= 4 is 52.1 Å². The second-order valence-corrected chi connectivity index (χ2v) is 8.03. The van der Waals surface area contributed by atoms with Crippen molar-refractivity contribution in [2.45, 2.75) is 6.18 Å². The molecule has 4 aromatic rings. The summed E-state index contributed by atoms with van der Waals surface area (Å²) in [5.41, 5.74) is 1.04. The van der Waals surface area contributed by atoms with Crippen LogP contribution in [0, 0.1) is 4.64 Å². The SMILES string of the molecule is O=C(c1ccc(C(F)(F)F)cc1)c1c(-c2ccccc2Cl)c2cc(Cl)ccc2[nH]c1=S. The normalized spacial score (nSPS) is 11.6. The molecule has 0 atom stereocenters. The highest BCUT2D eigenvalue weighted by atomic mass is 35.5. The minimum absolute atomic E-state index is 0.0715. The fraction of sp³-hybridized carbons (Fsp3) is 0.0435. The highest BCUT2D eigenvalue weighted by Gasteiger charge is 2.30. The van der Waals surface area contributed by atoms with Gasteiger partial charge in [-0.15, -0.1) is 0 Å². The van der Waals surface area contributed by atoms with Crippen molar-refractivity contribution in [2.24, 2.45) is 0 Å². The van der Waals surface area contributed by atoms with Gasteiger partial charge >= 0.3 is 6.18 Å². The van der Waals surface area contributed by atoms with Crippen LogP contribution >= 0.6 is 35.4 Å². The van der Waals surface area contributed by atoms with Crippen molar-refractivity contribution in [2.75, 3.05) is 0 Å². The van der Waals surface area contributed by atoms with Crippen LogP contribution in [-0.2, 0) is 6.18 Å². The topological polar surface area (TPSA) is 32.9 Å². The molecule has 0 saturated heterocycles. The van der Waals surface area contributed by atoms with Crippen LogP contribution in [-0.4, -0.2) is 10.8 Å². The van der Waals surface area contributed by atoms with Crippen LogP contribution in [0.25, 0.3) is 22.0 Å². The van der Waals surface area contributed by atoms with Gasteiger partial charge in [0.05, 0.1) is 11.1 Å². The number of ketones is 1. The average Bonchev–Trinajstić information content (AvgIpc) is 2.73. The molecule has 156 valence electrons. The van der Waals surface area contributed by atoms with Gasteiger partial charge in [0.1, 0.15) is 4.64 Å². The fourth-order valence-corrected chi connectivity index (χ4v) is 4.09. The Kier molecular flexibility index (Phi) is 5.64. The highest BCUT2D eigenvalue weighted by Crippen LogP contribution is 2.38. The summed E-state index contributed by atoms with van der Waals surface area (Å²) in [7, 11) is 0. The summed E-state index contributed by atoms with van der Waals surface area (Å²) < 4.78 is 38.9. The van der Waals surface area contributed by atoms with Crippen LogP contribution in [0.2, 0.25) is 10.0 Å². The summed E-state index contributed by atoms with van der Waals surface area (Å²) in [6.45, 7) is 0. The van der Waals surface area contributed by atoms with Crippen LogP contribution in [0.5, 0.6) is 0 Å². The summed E-state index contributed by atoms with van der Waals surface area (Å²) >= 11 is 18.1. The lowest BCUT2D eigenvalue weighted by Gasteiger charge is -2.15. The first-order chi connectivity index (χ1) is 14.7. The molecule has 0 unspecified atom stereocenters. The Morgan fingerprint density at radius 3 is 2.26 bits per heavy atom. The standard InChI is InChI=1S/C23H12Cl2F3NOS/c24-14-9-10-18-16(11-14)19(15-3-1-2-4-17(15)25)20(22(31)29-18)21(30)12-5-7-13(8-6-12)23(26,27)28/h1-11H,(H,29,31). The Morgan fingerprint density at radius 1 is 0.935 bits per heavy atom. The molecule has 0 aliphatic heterocycles. The molecule has 2 nitrogen and oxygen atoms in total. The van der Waals surface area contributed by atoms with E-state index in [1.165, 1.54) is 0 Å². The molecule has 0 radical (unpaired) electrons. The van der Waals surface area contributed by atoms with Crippen molar-refractivity contribution in [1.29, 1.82) is 0 Å². The molecular weight excluding hydrogens is 466 g/mol. The molecule has 1 aromatic heterocycles. The number of rotatable bonds is 3. The largest absolute Gasteiger partial charge is 0.416 e. The Balaban J connectivity index is 2.01. The number of hydrogen-bond donors (Lipinski definition) is 1. The molecular formula is C23H12Cl2F3NOS. The Bertz CT molecular complexity index is 1380. The highest BCUT2D eigenvalue weighted by molar-refractivity contribution is 7.71. The van der Waals surface area contributed by atoms with Gasteiger partial charge in [-0.3, -0.25) is 4.79 Å². The van der Waals surface area contributed by atoms with E-state index < -0.39 is 17.5 Å². The van der Waals surface area contributed by atoms with Crippen molar-refractivity contribution < 1.29 is 18.0 Å². The lowest BCUT2D eigenvalue weighted by Crippen LogP contribution is -2.09. The Hall–Kier alpha value is -2.67. The number of aromatic amines is 1. The Morgan fingerprint density at radius 2 is 1.61 bits per heavy atom. The number of benzene rings is 3. The summed E-state index contributed by atoms with van der Waals surface area (Å²) in [6, 6.07) is 16.1. The second-order valence-electron chi connectivity index (χ2n) is 6.78. The van der Waals surface area contributed by atoms with E-state index in [1.54, 1.807) is 42.5 Å². The van der Waals surface area contributed by atoms with Gasteiger partial charge in [0.25, 0.3) is 0 Å². The third kappa shape index (κ3) is 4.11. The lowest BCUT2D eigenvalue weighted by molar-refractivity contribution is -0.137. The molecule has 0 saturated carbocycles. The molecule has 0 aliphatic carbocycles. The summed E-state index contributed by atoms with van der Waals surface area (Å²) in [6.07, 6.45) is -4.50. The predicted octanol–water partition coefficient (Wildman–Crippen LogP) is 8.12. The van der Waals surface area contributed by atoms with E-state index in [2.05, 4.69) is 4.98 Å². The second kappa shape index (κ2) is 8.11. The van der Waals surface area contributed by atoms with Gasteiger partial charge in [-0.05, 0) is 36.4 Å². The van der Waals surface area contributed by atoms with Gasteiger partial charge in [0, 0.05) is 37.6 Å². The number of carbonyl (C=O) groups excluding carboxylic acids is 1. The number of fused-ring (bicyclic) bond motifs is 1. The molecule has 8 heteroatoms. The molecule has 0 amide bonds. The van der Waals surface area contributed by atoms with Gasteiger partial charge < -0.3 is 4.98 Å². The van der Waals surface area contributed by atoms with Gasteiger partial charge in [-0.2, -0.15) is 13.2 Å². The fourth-order valence-electron chi connectivity index (χ4n) is 3.38. The minimum atomic E-state index is -4.50. The molecule has 0 spiro atoms. The number of halogens is 5. The zero-order chi connectivity index (χ0) is 22.3. The van der Waals surface area contributed by atoms with E-state index in [4.69, 9.17) is 35.4 Å². The van der Waals surface area contributed by atoms with Gasteiger partial charge in [-0.1, -0.05) is 65.8 Å². The first kappa shape index (κ1) is 21.6. The number of nitrogens with one attached hydrogen (secondary N) is 1. The van der Waals surface area contributed by atoms with E-state index in [1.807, 2.05) is 0 Å². The maximum absolute atomic E-state index is 13.4. The Labute approximate surface area is 190 Å². The third-order valence-electron chi connectivity index (χ3n) is 4.82. The maximum atomic E-state index is 13.4. The number of carbonyl (C=O) groups is 1. The molecule has 4 rings (SSSR count). The zero-order valence-electron chi connectivity index (χ0n) is 15.6. The van der Waals surface area contributed by atoms with E-state index >= 15 is 0 Å². The first-order valence-electron chi connectivity index (χ1n) is 8.99. The molecule has 31 heavy (non-hydrogen) atoms. The van der Waals surface area contributed by atoms with E-state index in [9.17, 15) is 18.0 Å². The summed E-state index contributed by atoms with van der Waals surface area (Å²) in [5, 5.41) is 1.45. The quantitative estimate of drug-likeness (QED) is 0.238. The van der Waals surface area contributed by atoms with Crippen LogP contribution in [0.4, 0.5) is 13.2 Å². The third-order valence-corrected chi connectivity index (χ3v) is 5.69. The molecule has 3 aromatic carbocycles. The number of alkyl halides is 3. The minimum Gasteiger partial charge on any atom is -0.345 e. The van der Waals surface area contributed by atoms with Crippen molar-refractivity contribution in [1.82, 2.24) is 4.98 Å². The predicted molar refractivity (Wildman–Crippen MR) is 119 cm³/mol. The number of pyridine rings is 1. The van der Waals surface area contributed by atoms with E-state index in [-0.39, 0.29) is 15.8 Å². The van der Waals surface area contributed by atoms with Crippen molar-refractivity contribution in [3.63, 3.8) is 0 Å². The molecule has 0 bridgehead atoms. The van der Waals surface area contributed by atoms with E-state index in [0.717, 1.165) is 24.3 Å².